The minimum Gasteiger partial charge on any atom is -0.492 e. The highest BCUT2D eigenvalue weighted by Crippen LogP contribution is 2.16. The first-order valence-electron chi connectivity index (χ1n) is 6.21. The molecular formula is C14H23NO2. The van der Waals surface area contributed by atoms with Crippen LogP contribution in [0.1, 0.15) is 24.5 Å². The predicted molar refractivity (Wildman–Crippen MR) is 70.6 cm³/mol. The third-order valence-electron chi connectivity index (χ3n) is 2.55. The average Bonchev–Trinajstić information content (AvgIpc) is 2.28. The lowest BCUT2D eigenvalue weighted by molar-refractivity contribution is 0.183. The van der Waals surface area contributed by atoms with E-state index in [4.69, 9.17) is 4.74 Å². The van der Waals surface area contributed by atoms with Gasteiger partial charge in [0.15, 0.2) is 0 Å². The van der Waals surface area contributed by atoms with Crippen LogP contribution in [0.3, 0.4) is 0 Å². The molecule has 2 N–H and O–H groups in total. The standard InChI is InChI=1S/C14H23NO2/c1-4-5-15-13(9-16)10-17-14-7-11(2)6-12(3)8-14/h6-8,13,15-16H,4-5,9-10H2,1-3H3. The smallest absolute Gasteiger partial charge is 0.119 e. The molecule has 17 heavy (non-hydrogen) atoms. The molecule has 1 aromatic carbocycles. The molecule has 1 unspecified atom stereocenters. The summed E-state index contributed by atoms with van der Waals surface area (Å²) in [5, 5.41) is 12.4. The fraction of sp³-hybridized carbons (Fsp3) is 0.571. The summed E-state index contributed by atoms with van der Waals surface area (Å²) in [6, 6.07) is 6.16. The summed E-state index contributed by atoms with van der Waals surface area (Å²) in [6.07, 6.45) is 1.06. The number of aliphatic hydroxyl groups is 1. The van der Waals surface area contributed by atoms with Crippen molar-refractivity contribution in [1.29, 1.82) is 0 Å². The quantitative estimate of drug-likeness (QED) is 0.762. The molecule has 0 aliphatic rings. The van der Waals surface area contributed by atoms with Gasteiger partial charge < -0.3 is 15.2 Å². The summed E-state index contributed by atoms with van der Waals surface area (Å²) < 4.78 is 5.70. The van der Waals surface area contributed by atoms with E-state index in [0.29, 0.717) is 6.61 Å². The van der Waals surface area contributed by atoms with Crippen LogP contribution in [0.4, 0.5) is 0 Å². The molecule has 3 heteroatoms. The highest BCUT2D eigenvalue weighted by atomic mass is 16.5. The van der Waals surface area contributed by atoms with Gasteiger partial charge in [-0.2, -0.15) is 0 Å². The van der Waals surface area contributed by atoms with Gasteiger partial charge in [0.1, 0.15) is 12.4 Å². The second-order valence-electron chi connectivity index (χ2n) is 4.47. The summed E-state index contributed by atoms with van der Waals surface area (Å²) in [4.78, 5) is 0. The molecule has 0 heterocycles. The summed E-state index contributed by atoms with van der Waals surface area (Å²) in [6.45, 7) is 7.72. The Hall–Kier alpha value is -1.06. The van der Waals surface area contributed by atoms with E-state index >= 15 is 0 Å². The number of hydrogen-bond acceptors (Lipinski definition) is 3. The normalized spacial score (nSPS) is 12.5. The molecular weight excluding hydrogens is 214 g/mol. The lowest BCUT2D eigenvalue weighted by atomic mass is 10.1. The van der Waals surface area contributed by atoms with Crippen LogP contribution in [-0.2, 0) is 0 Å². The van der Waals surface area contributed by atoms with Crippen LogP contribution in [0.2, 0.25) is 0 Å². The van der Waals surface area contributed by atoms with E-state index in [9.17, 15) is 5.11 Å². The van der Waals surface area contributed by atoms with Crippen LogP contribution in [-0.4, -0.2) is 30.9 Å². The van der Waals surface area contributed by atoms with Gasteiger partial charge in [-0.15, -0.1) is 0 Å². The van der Waals surface area contributed by atoms with E-state index in [2.05, 4.69) is 32.2 Å². The van der Waals surface area contributed by atoms with Gasteiger partial charge in [0.2, 0.25) is 0 Å². The molecule has 1 aromatic rings. The van der Waals surface area contributed by atoms with Crippen molar-refractivity contribution in [3.8, 4) is 5.75 Å². The van der Waals surface area contributed by atoms with Crippen LogP contribution < -0.4 is 10.1 Å². The Bertz CT molecular complexity index is 319. The number of hydrogen-bond donors (Lipinski definition) is 2. The van der Waals surface area contributed by atoms with Gasteiger partial charge >= 0.3 is 0 Å². The summed E-state index contributed by atoms with van der Waals surface area (Å²) in [5.41, 5.74) is 2.39. The summed E-state index contributed by atoms with van der Waals surface area (Å²) in [5.74, 6) is 0.874. The maximum atomic E-state index is 9.20. The number of rotatable bonds is 7. The molecule has 0 fully saturated rings. The SMILES string of the molecule is CCCNC(CO)COc1cc(C)cc(C)c1. The molecule has 96 valence electrons. The third-order valence-corrected chi connectivity index (χ3v) is 2.55. The lowest BCUT2D eigenvalue weighted by Gasteiger charge is -2.17. The monoisotopic (exact) mass is 237 g/mol. The van der Waals surface area contributed by atoms with Crippen LogP contribution in [0, 0.1) is 13.8 Å². The lowest BCUT2D eigenvalue weighted by Crippen LogP contribution is -2.38. The Labute approximate surface area is 104 Å². The number of ether oxygens (including phenoxy) is 1. The molecule has 0 bridgehead atoms. The number of benzene rings is 1. The molecule has 0 saturated carbocycles. The van der Waals surface area contributed by atoms with Crippen molar-refractivity contribution in [2.24, 2.45) is 0 Å². The molecule has 1 atom stereocenters. The van der Waals surface area contributed by atoms with Crippen molar-refractivity contribution in [2.45, 2.75) is 33.2 Å². The molecule has 3 nitrogen and oxygen atoms in total. The second kappa shape index (κ2) is 7.30. The average molecular weight is 237 g/mol. The maximum absolute atomic E-state index is 9.20. The van der Waals surface area contributed by atoms with Crippen molar-refractivity contribution in [2.75, 3.05) is 19.8 Å². The molecule has 1 rings (SSSR count). The molecule has 0 amide bonds. The van der Waals surface area contributed by atoms with Crippen LogP contribution in [0.25, 0.3) is 0 Å². The van der Waals surface area contributed by atoms with Gasteiger partial charge in [0, 0.05) is 0 Å². The zero-order chi connectivity index (χ0) is 12.7. The van der Waals surface area contributed by atoms with Crippen LogP contribution in [0.5, 0.6) is 5.75 Å². The van der Waals surface area contributed by atoms with E-state index in [1.54, 1.807) is 0 Å². The highest BCUT2D eigenvalue weighted by Gasteiger charge is 2.07. The Balaban J connectivity index is 2.47. The van der Waals surface area contributed by atoms with E-state index in [1.165, 1.54) is 11.1 Å². The number of aryl methyl sites for hydroxylation is 2. The summed E-state index contributed by atoms with van der Waals surface area (Å²) >= 11 is 0. The Kier molecular flexibility index (Phi) is 6.01. The maximum Gasteiger partial charge on any atom is 0.119 e. The Morgan fingerprint density at radius 2 is 1.88 bits per heavy atom. The molecule has 0 aromatic heterocycles. The van der Waals surface area contributed by atoms with Gasteiger partial charge in [-0.05, 0) is 50.1 Å². The van der Waals surface area contributed by atoms with Crippen molar-refractivity contribution >= 4 is 0 Å². The highest BCUT2D eigenvalue weighted by molar-refractivity contribution is 5.32. The van der Waals surface area contributed by atoms with Gasteiger partial charge in [0.05, 0.1) is 12.6 Å². The van der Waals surface area contributed by atoms with Gasteiger partial charge in [-0.3, -0.25) is 0 Å². The van der Waals surface area contributed by atoms with E-state index in [-0.39, 0.29) is 12.6 Å². The van der Waals surface area contributed by atoms with Crippen molar-refractivity contribution in [1.82, 2.24) is 5.32 Å². The first-order chi connectivity index (χ1) is 8.15. The van der Waals surface area contributed by atoms with Gasteiger partial charge in [0.25, 0.3) is 0 Å². The predicted octanol–water partition coefficient (Wildman–Crippen LogP) is 2.04. The van der Waals surface area contributed by atoms with Crippen molar-refractivity contribution in [3.05, 3.63) is 29.3 Å². The van der Waals surface area contributed by atoms with E-state index in [1.807, 2.05) is 12.1 Å². The topological polar surface area (TPSA) is 41.5 Å². The molecule has 0 aliphatic heterocycles. The molecule has 0 radical (unpaired) electrons. The van der Waals surface area contributed by atoms with Crippen LogP contribution in [0.15, 0.2) is 18.2 Å². The first-order valence-corrected chi connectivity index (χ1v) is 6.21. The fourth-order valence-corrected chi connectivity index (χ4v) is 1.74. The number of nitrogens with one attached hydrogen (secondary N) is 1. The largest absolute Gasteiger partial charge is 0.492 e. The number of aliphatic hydroxyl groups excluding tert-OH is 1. The second-order valence-corrected chi connectivity index (χ2v) is 4.47. The Morgan fingerprint density at radius 3 is 2.41 bits per heavy atom. The van der Waals surface area contributed by atoms with E-state index < -0.39 is 0 Å². The van der Waals surface area contributed by atoms with Crippen molar-refractivity contribution in [3.63, 3.8) is 0 Å². The van der Waals surface area contributed by atoms with Crippen molar-refractivity contribution < 1.29 is 9.84 Å². The Morgan fingerprint density at radius 1 is 1.24 bits per heavy atom. The minimum absolute atomic E-state index is 0.00997. The fourth-order valence-electron chi connectivity index (χ4n) is 1.74. The van der Waals surface area contributed by atoms with Gasteiger partial charge in [-0.1, -0.05) is 13.0 Å². The zero-order valence-electron chi connectivity index (χ0n) is 11.0. The third kappa shape index (κ3) is 5.20. The molecule has 0 aliphatic carbocycles. The van der Waals surface area contributed by atoms with Gasteiger partial charge in [-0.25, -0.2) is 0 Å². The first kappa shape index (κ1) is 14.0. The van der Waals surface area contributed by atoms with Crippen LogP contribution >= 0.6 is 0 Å². The van der Waals surface area contributed by atoms with E-state index in [0.717, 1.165) is 18.7 Å². The molecule has 0 spiro atoms. The summed E-state index contributed by atoms with van der Waals surface area (Å²) in [7, 11) is 0. The minimum atomic E-state index is 0.00997. The zero-order valence-corrected chi connectivity index (χ0v) is 11.0. The molecule has 0 saturated heterocycles.